The Kier molecular flexibility index (Phi) is 6.34. The van der Waals surface area contributed by atoms with Gasteiger partial charge in [0.2, 0.25) is 0 Å². The number of carbonyl (C=O) groups excluding carboxylic acids is 2. The fourth-order valence-corrected chi connectivity index (χ4v) is 4.07. The summed E-state index contributed by atoms with van der Waals surface area (Å²) in [5.41, 5.74) is 8.10. The predicted molar refractivity (Wildman–Crippen MR) is 140 cm³/mol. The van der Waals surface area contributed by atoms with Crippen LogP contribution in [-0.2, 0) is 13.5 Å². The lowest BCUT2D eigenvalue weighted by atomic mass is 10.0. The van der Waals surface area contributed by atoms with Crippen molar-refractivity contribution in [2.75, 3.05) is 0 Å². The number of para-hydroxylation sites is 1. The lowest BCUT2D eigenvalue weighted by Crippen LogP contribution is -2.42. The number of hydrogen-bond donors (Lipinski definition) is 2. The molecule has 0 aliphatic heterocycles. The molecule has 2 N–H and O–H groups in total. The summed E-state index contributed by atoms with van der Waals surface area (Å²) in [5.74, 6) is -1.19. The Labute approximate surface area is 212 Å². The van der Waals surface area contributed by atoms with Crippen LogP contribution in [0.4, 0.5) is 0 Å². The SMILES string of the molecule is CCc1ccc(-c2nn(-c3ccccc3)cc2C(=O)NNC(=O)c2nn(C)c(=O)c3ccccc23)cc1. The van der Waals surface area contributed by atoms with E-state index in [1.165, 1.54) is 12.6 Å². The summed E-state index contributed by atoms with van der Waals surface area (Å²) in [5, 5.41) is 9.52. The number of benzene rings is 3. The molecule has 37 heavy (non-hydrogen) atoms. The molecule has 0 aliphatic carbocycles. The second kappa shape index (κ2) is 9.90. The normalized spacial score (nSPS) is 10.9. The van der Waals surface area contributed by atoms with Gasteiger partial charge in [-0.15, -0.1) is 0 Å². The molecule has 5 aromatic rings. The van der Waals surface area contributed by atoms with E-state index < -0.39 is 11.8 Å². The van der Waals surface area contributed by atoms with Crippen molar-refractivity contribution in [2.45, 2.75) is 13.3 Å². The fraction of sp³-hybridized carbons (Fsp3) is 0.107. The van der Waals surface area contributed by atoms with Gasteiger partial charge in [-0.2, -0.15) is 10.2 Å². The van der Waals surface area contributed by atoms with Crippen molar-refractivity contribution < 1.29 is 9.59 Å². The Bertz CT molecular complexity index is 1670. The molecule has 0 saturated carbocycles. The Morgan fingerprint density at radius 1 is 0.811 bits per heavy atom. The summed E-state index contributed by atoms with van der Waals surface area (Å²) in [6.45, 7) is 2.07. The minimum atomic E-state index is -0.649. The molecule has 3 aromatic carbocycles. The average Bonchev–Trinajstić information content (AvgIpc) is 3.40. The van der Waals surface area contributed by atoms with Gasteiger partial charge >= 0.3 is 0 Å². The van der Waals surface area contributed by atoms with E-state index in [4.69, 9.17) is 0 Å². The Morgan fingerprint density at radius 3 is 2.16 bits per heavy atom. The quantitative estimate of drug-likeness (QED) is 0.365. The van der Waals surface area contributed by atoms with Gasteiger partial charge in [-0.3, -0.25) is 25.2 Å². The molecule has 2 aromatic heterocycles. The van der Waals surface area contributed by atoms with Crippen molar-refractivity contribution >= 4 is 22.6 Å². The average molecular weight is 493 g/mol. The number of carbonyl (C=O) groups is 2. The number of fused-ring (bicyclic) bond motifs is 1. The smallest absolute Gasteiger partial charge is 0.267 e. The van der Waals surface area contributed by atoms with Gasteiger partial charge in [0.05, 0.1) is 16.6 Å². The van der Waals surface area contributed by atoms with E-state index in [1.54, 1.807) is 35.1 Å². The van der Waals surface area contributed by atoms with E-state index in [-0.39, 0.29) is 16.8 Å². The number of hydrazine groups is 1. The molecule has 0 fully saturated rings. The highest BCUT2D eigenvalue weighted by molar-refractivity contribution is 6.06. The van der Waals surface area contributed by atoms with Crippen LogP contribution in [0.5, 0.6) is 0 Å². The third-order valence-electron chi connectivity index (χ3n) is 6.08. The lowest BCUT2D eigenvalue weighted by Gasteiger charge is -2.10. The second-order valence-corrected chi connectivity index (χ2v) is 8.45. The second-order valence-electron chi connectivity index (χ2n) is 8.45. The van der Waals surface area contributed by atoms with Crippen LogP contribution in [0, 0.1) is 0 Å². The van der Waals surface area contributed by atoms with Gasteiger partial charge in [-0.05, 0) is 30.2 Å². The first-order valence-electron chi connectivity index (χ1n) is 11.8. The summed E-state index contributed by atoms with van der Waals surface area (Å²) in [6, 6.07) is 24.0. The van der Waals surface area contributed by atoms with Gasteiger partial charge in [-0.1, -0.05) is 67.6 Å². The third kappa shape index (κ3) is 4.62. The van der Waals surface area contributed by atoms with E-state index in [0.717, 1.165) is 22.4 Å². The predicted octanol–water partition coefficient (Wildman–Crippen LogP) is 3.42. The van der Waals surface area contributed by atoms with Crippen LogP contribution in [0.2, 0.25) is 0 Å². The van der Waals surface area contributed by atoms with Gasteiger partial charge in [0.25, 0.3) is 17.4 Å². The highest BCUT2D eigenvalue weighted by Crippen LogP contribution is 2.24. The molecule has 0 bridgehead atoms. The van der Waals surface area contributed by atoms with Crippen LogP contribution in [0.15, 0.2) is 89.9 Å². The molecule has 2 amide bonds. The number of rotatable bonds is 5. The minimum absolute atomic E-state index is 0.0216. The number of nitrogens with zero attached hydrogens (tertiary/aromatic N) is 4. The number of amides is 2. The van der Waals surface area contributed by atoms with Crippen LogP contribution >= 0.6 is 0 Å². The van der Waals surface area contributed by atoms with Crippen molar-refractivity contribution in [2.24, 2.45) is 7.05 Å². The number of hydrogen-bond acceptors (Lipinski definition) is 5. The van der Waals surface area contributed by atoms with Crippen molar-refractivity contribution in [1.82, 2.24) is 30.4 Å². The molecule has 5 rings (SSSR count). The van der Waals surface area contributed by atoms with Gasteiger partial charge in [0.15, 0.2) is 5.69 Å². The van der Waals surface area contributed by atoms with Crippen LogP contribution in [0.1, 0.15) is 33.3 Å². The molecule has 184 valence electrons. The monoisotopic (exact) mass is 492 g/mol. The van der Waals surface area contributed by atoms with E-state index in [1.807, 2.05) is 54.6 Å². The van der Waals surface area contributed by atoms with Crippen molar-refractivity contribution in [1.29, 1.82) is 0 Å². The molecule has 0 aliphatic rings. The van der Waals surface area contributed by atoms with Crippen LogP contribution in [0.25, 0.3) is 27.7 Å². The molecule has 2 heterocycles. The van der Waals surface area contributed by atoms with E-state index in [2.05, 4.69) is 28.0 Å². The maximum Gasteiger partial charge on any atom is 0.290 e. The number of aryl methyl sites for hydroxylation is 2. The highest BCUT2D eigenvalue weighted by Gasteiger charge is 2.21. The van der Waals surface area contributed by atoms with Crippen LogP contribution < -0.4 is 16.4 Å². The molecule has 0 saturated heterocycles. The molecule has 0 atom stereocenters. The van der Waals surface area contributed by atoms with E-state index in [9.17, 15) is 14.4 Å². The van der Waals surface area contributed by atoms with E-state index >= 15 is 0 Å². The fourth-order valence-electron chi connectivity index (χ4n) is 4.07. The maximum atomic E-state index is 13.3. The molecule has 0 radical (unpaired) electrons. The molecule has 9 heteroatoms. The standard InChI is InChI=1S/C28H24N6O3/c1-3-18-13-15-19(16-14-18)24-23(17-34(32-24)20-9-5-4-6-10-20)26(35)29-30-27(36)25-21-11-7-8-12-22(21)28(37)33(2)31-25/h4-17H,3H2,1-2H3,(H,29,35)(H,30,36). The Balaban J connectivity index is 1.46. The van der Waals surface area contributed by atoms with Crippen molar-refractivity contribution in [3.8, 4) is 16.9 Å². The largest absolute Gasteiger partial charge is 0.290 e. The highest BCUT2D eigenvalue weighted by atomic mass is 16.2. The molecule has 9 nitrogen and oxygen atoms in total. The van der Waals surface area contributed by atoms with Gasteiger partial charge in [0, 0.05) is 24.2 Å². The Hall–Kier alpha value is -5.05. The number of aromatic nitrogens is 4. The van der Waals surface area contributed by atoms with Crippen molar-refractivity contribution in [3.05, 3.63) is 112 Å². The first-order chi connectivity index (χ1) is 18.0. The zero-order valence-electron chi connectivity index (χ0n) is 20.3. The van der Waals surface area contributed by atoms with Gasteiger partial charge < -0.3 is 0 Å². The summed E-state index contributed by atoms with van der Waals surface area (Å²) in [6.07, 6.45) is 2.52. The minimum Gasteiger partial charge on any atom is -0.267 e. The third-order valence-corrected chi connectivity index (χ3v) is 6.08. The molecular weight excluding hydrogens is 468 g/mol. The van der Waals surface area contributed by atoms with Gasteiger partial charge in [-0.25, -0.2) is 9.36 Å². The zero-order chi connectivity index (χ0) is 25.9. The van der Waals surface area contributed by atoms with Crippen molar-refractivity contribution in [3.63, 3.8) is 0 Å². The summed E-state index contributed by atoms with van der Waals surface area (Å²) >= 11 is 0. The maximum absolute atomic E-state index is 13.3. The molecule has 0 unspecified atom stereocenters. The Morgan fingerprint density at radius 2 is 1.46 bits per heavy atom. The van der Waals surface area contributed by atoms with E-state index in [0.29, 0.717) is 16.5 Å². The summed E-state index contributed by atoms with van der Waals surface area (Å²) < 4.78 is 2.73. The molecule has 0 spiro atoms. The first kappa shape index (κ1) is 23.7. The summed E-state index contributed by atoms with van der Waals surface area (Å²) in [7, 11) is 1.47. The van der Waals surface area contributed by atoms with Gasteiger partial charge in [0.1, 0.15) is 5.69 Å². The summed E-state index contributed by atoms with van der Waals surface area (Å²) in [4.78, 5) is 38.6. The topological polar surface area (TPSA) is 111 Å². The molecular formula is C28H24N6O3. The van der Waals surface area contributed by atoms with Crippen LogP contribution in [0.3, 0.4) is 0 Å². The van der Waals surface area contributed by atoms with Crippen LogP contribution in [-0.4, -0.2) is 31.4 Å². The first-order valence-corrected chi connectivity index (χ1v) is 11.8. The zero-order valence-corrected chi connectivity index (χ0v) is 20.3. The number of nitrogens with one attached hydrogen (secondary N) is 2. The lowest BCUT2D eigenvalue weighted by molar-refractivity contribution is 0.0844.